The van der Waals surface area contributed by atoms with E-state index in [9.17, 15) is 9.59 Å². The normalized spacial score (nSPS) is 20.0. The Morgan fingerprint density at radius 3 is 2.38 bits per heavy atom. The molecule has 5 rings (SSSR count). The molecule has 0 amide bonds. The maximum Gasteiger partial charge on any atom is 0.338 e. The molecule has 0 saturated heterocycles. The molecule has 0 fully saturated rings. The number of hydrogen-bond acceptors (Lipinski definition) is 5. The number of esters is 2. The minimum atomic E-state index is -0.673. The average Bonchev–Trinajstić information content (AvgIpc) is 3.52. The summed E-state index contributed by atoms with van der Waals surface area (Å²) in [5.41, 5.74) is 13.4. The molecule has 0 spiro atoms. The van der Waals surface area contributed by atoms with Gasteiger partial charge in [0.2, 0.25) is 0 Å². The maximum atomic E-state index is 13.4. The third-order valence-electron chi connectivity index (χ3n) is 8.16. The van der Waals surface area contributed by atoms with Crippen LogP contribution in [0.15, 0.2) is 78.4 Å². The number of hydrogen-bond donors (Lipinski definition) is 1. The van der Waals surface area contributed by atoms with Gasteiger partial charge in [0.15, 0.2) is 0 Å². The average molecular weight is 538 g/mol. The topological polar surface area (TPSA) is 78.6 Å². The van der Waals surface area contributed by atoms with Crippen molar-refractivity contribution in [3.8, 4) is 0 Å². The van der Waals surface area contributed by atoms with Crippen LogP contribution >= 0.6 is 0 Å². The van der Waals surface area contributed by atoms with Crippen LogP contribution in [0.4, 0.5) is 0 Å². The van der Waals surface area contributed by atoms with Crippen LogP contribution in [0.25, 0.3) is 6.08 Å². The smallest absolute Gasteiger partial charge is 0.338 e. The highest BCUT2D eigenvalue weighted by Gasteiger charge is 2.51. The zero-order valence-corrected chi connectivity index (χ0v) is 23.7. The predicted octanol–water partition coefficient (Wildman–Crippen LogP) is 6.64. The third-order valence-corrected chi connectivity index (χ3v) is 8.16. The first-order valence-corrected chi connectivity index (χ1v) is 14.4. The molecule has 5 heteroatoms. The molecule has 3 unspecified atom stereocenters. The number of carbonyl (C=O) groups excluding carboxylic acids is 2. The largest absolute Gasteiger partial charge is 0.462 e. The fraction of sp³-hybridized carbons (Fsp3) is 0.371. The molecule has 3 aromatic rings. The number of fused-ring (bicyclic) bond motifs is 2. The summed E-state index contributed by atoms with van der Waals surface area (Å²) in [4.78, 5) is 25.8. The van der Waals surface area contributed by atoms with E-state index in [1.807, 2.05) is 43.3 Å². The standard InChI is InChI=1S/C35H39NO4/c1-4-17-39-33(37)25-15-13-24(14-16-25)21-35(29-19-26-9-5-6-10-27(26)20-29)22-28-11-7-8-12-30(28)32(35)40-34(38)31(36)18-23(2)3/h5-16,19,23,31-32H,4,17-18,20-22,36H2,1-3H3. The van der Waals surface area contributed by atoms with Crippen molar-refractivity contribution in [1.82, 2.24) is 0 Å². The van der Waals surface area contributed by atoms with E-state index in [2.05, 4.69) is 56.3 Å². The maximum absolute atomic E-state index is 13.4. The van der Waals surface area contributed by atoms with Crippen LogP contribution < -0.4 is 5.73 Å². The lowest BCUT2D eigenvalue weighted by molar-refractivity contribution is -0.156. The fourth-order valence-electron chi connectivity index (χ4n) is 6.22. The van der Waals surface area contributed by atoms with E-state index in [0.29, 0.717) is 25.0 Å². The van der Waals surface area contributed by atoms with E-state index in [4.69, 9.17) is 15.2 Å². The summed E-state index contributed by atoms with van der Waals surface area (Å²) in [7, 11) is 0. The van der Waals surface area contributed by atoms with Crippen molar-refractivity contribution in [2.75, 3.05) is 6.61 Å². The molecule has 0 heterocycles. The Hall–Kier alpha value is -3.70. The third kappa shape index (κ3) is 5.62. The first kappa shape index (κ1) is 27.9. The summed E-state index contributed by atoms with van der Waals surface area (Å²) >= 11 is 0. The van der Waals surface area contributed by atoms with Crippen molar-refractivity contribution < 1.29 is 19.1 Å². The van der Waals surface area contributed by atoms with E-state index in [1.165, 1.54) is 22.3 Å². The summed E-state index contributed by atoms with van der Waals surface area (Å²) in [5, 5.41) is 0. The molecule has 0 radical (unpaired) electrons. The molecule has 3 atom stereocenters. The Morgan fingerprint density at radius 2 is 1.68 bits per heavy atom. The van der Waals surface area contributed by atoms with Gasteiger partial charge in [0.25, 0.3) is 0 Å². The van der Waals surface area contributed by atoms with Crippen LogP contribution in [-0.4, -0.2) is 24.6 Å². The van der Waals surface area contributed by atoms with E-state index < -0.39 is 17.6 Å². The molecule has 3 aromatic carbocycles. The van der Waals surface area contributed by atoms with Gasteiger partial charge in [-0.1, -0.05) is 93.1 Å². The second-order valence-corrected chi connectivity index (χ2v) is 11.6. The Balaban J connectivity index is 1.54. The Kier molecular flexibility index (Phi) is 8.22. The van der Waals surface area contributed by atoms with Crippen LogP contribution in [0.5, 0.6) is 0 Å². The van der Waals surface area contributed by atoms with Gasteiger partial charge in [-0.3, -0.25) is 4.79 Å². The second kappa shape index (κ2) is 11.8. The quantitative estimate of drug-likeness (QED) is 0.294. The predicted molar refractivity (Wildman–Crippen MR) is 158 cm³/mol. The minimum Gasteiger partial charge on any atom is -0.462 e. The first-order chi connectivity index (χ1) is 19.3. The number of carbonyl (C=O) groups is 2. The van der Waals surface area contributed by atoms with Gasteiger partial charge in [0.1, 0.15) is 12.1 Å². The van der Waals surface area contributed by atoms with Gasteiger partial charge in [-0.15, -0.1) is 0 Å². The van der Waals surface area contributed by atoms with E-state index >= 15 is 0 Å². The zero-order valence-electron chi connectivity index (χ0n) is 23.7. The Bertz CT molecular complexity index is 1410. The number of nitrogens with two attached hydrogens (primary N) is 1. The molecule has 40 heavy (non-hydrogen) atoms. The van der Waals surface area contributed by atoms with Gasteiger partial charge in [-0.05, 0) is 78.0 Å². The number of rotatable bonds is 10. The van der Waals surface area contributed by atoms with Crippen molar-refractivity contribution in [1.29, 1.82) is 0 Å². The number of ether oxygens (including phenoxy) is 2. The molecular weight excluding hydrogens is 498 g/mol. The molecule has 2 aliphatic carbocycles. The molecule has 2 N–H and O–H groups in total. The van der Waals surface area contributed by atoms with E-state index in [1.54, 1.807) is 0 Å². The van der Waals surface area contributed by atoms with Crippen LogP contribution in [0, 0.1) is 11.3 Å². The Morgan fingerprint density at radius 1 is 0.975 bits per heavy atom. The van der Waals surface area contributed by atoms with Crippen molar-refractivity contribution in [2.45, 2.75) is 65.0 Å². The van der Waals surface area contributed by atoms with Crippen molar-refractivity contribution in [3.63, 3.8) is 0 Å². The van der Waals surface area contributed by atoms with Crippen LogP contribution in [0.1, 0.15) is 77.9 Å². The van der Waals surface area contributed by atoms with Gasteiger partial charge in [-0.25, -0.2) is 4.79 Å². The van der Waals surface area contributed by atoms with E-state index in [-0.39, 0.29) is 17.9 Å². The van der Waals surface area contributed by atoms with Gasteiger partial charge in [0, 0.05) is 5.41 Å². The van der Waals surface area contributed by atoms with Gasteiger partial charge in [-0.2, -0.15) is 0 Å². The fourth-order valence-corrected chi connectivity index (χ4v) is 6.22. The summed E-state index contributed by atoms with van der Waals surface area (Å²) in [6, 6.07) is 23.7. The van der Waals surface area contributed by atoms with Crippen LogP contribution in [-0.2, 0) is 33.5 Å². The second-order valence-electron chi connectivity index (χ2n) is 11.6. The SMILES string of the molecule is CCCOC(=O)c1ccc(CC2(C3=Cc4ccccc4C3)Cc3ccccc3C2OC(=O)C(N)CC(C)C)cc1. The monoisotopic (exact) mass is 537 g/mol. The summed E-state index contributed by atoms with van der Waals surface area (Å²) in [5.74, 6) is -0.376. The summed E-state index contributed by atoms with van der Waals surface area (Å²) < 4.78 is 11.8. The van der Waals surface area contributed by atoms with Gasteiger partial charge >= 0.3 is 11.9 Å². The summed E-state index contributed by atoms with van der Waals surface area (Å²) in [6.07, 6.45) is 5.38. The molecule has 5 nitrogen and oxygen atoms in total. The zero-order chi connectivity index (χ0) is 28.3. The highest BCUT2D eigenvalue weighted by Crippen LogP contribution is 2.56. The van der Waals surface area contributed by atoms with Gasteiger partial charge < -0.3 is 15.2 Å². The molecule has 0 saturated carbocycles. The lowest BCUT2D eigenvalue weighted by Crippen LogP contribution is -2.39. The highest BCUT2D eigenvalue weighted by molar-refractivity contribution is 5.89. The first-order valence-electron chi connectivity index (χ1n) is 14.4. The highest BCUT2D eigenvalue weighted by atomic mass is 16.5. The molecule has 208 valence electrons. The van der Waals surface area contributed by atoms with Crippen molar-refractivity contribution in [3.05, 3.63) is 112 Å². The van der Waals surface area contributed by atoms with Gasteiger partial charge in [0.05, 0.1) is 12.2 Å². The lowest BCUT2D eigenvalue weighted by Gasteiger charge is -2.38. The minimum absolute atomic E-state index is 0.290. The Labute approximate surface area is 237 Å². The lowest BCUT2D eigenvalue weighted by atomic mass is 9.70. The van der Waals surface area contributed by atoms with Crippen LogP contribution in [0.3, 0.4) is 0 Å². The van der Waals surface area contributed by atoms with Crippen molar-refractivity contribution >= 4 is 18.0 Å². The number of benzene rings is 3. The molecule has 0 aliphatic heterocycles. The van der Waals surface area contributed by atoms with E-state index in [0.717, 1.165) is 30.4 Å². The molecule has 2 aliphatic rings. The van der Waals surface area contributed by atoms with Crippen molar-refractivity contribution in [2.24, 2.45) is 17.1 Å². The summed E-state index contributed by atoms with van der Waals surface area (Å²) in [6.45, 7) is 6.50. The molecule has 0 aromatic heterocycles. The molecular formula is C35H39NO4. The molecule has 0 bridgehead atoms. The van der Waals surface area contributed by atoms with Crippen LogP contribution in [0.2, 0.25) is 0 Å².